The summed E-state index contributed by atoms with van der Waals surface area (Å²) in [5.74, 6) is 0.882. The average molecular weight is 412 g/mol. The third-order valence-corrected chi connectivity index (χ3v) is 4.77. The number of pyridine rings is 1. The van der Waals surface area contributed by atoms with E-state index >= 15 is 0 Å². The maximum Gasteiger partial charge on any atom is 0.178 e. The van der Waals surface area contributed by atoms with Crippen LogP contribution in [-0.2, 0) is 6.54 Å². The van der Waals surface area contributed by atoms with Crippen molar-refractivity contribution in [2.45, 2.75) is 69.4 Å². The van der Waals surface area contributed by atoms with E-state index in [1.165, 1.54) is 30.2 Å². The second kappa shape index (κ2) is 12.1. The molecule has 3 aromatic heterocycles. The molecule has 5 nitrogen and oxygen atoms in total. The van der Waals surface area contributed by atoms with E-state index < -0.39 is 0 Å². The lowest BCUT2D eigenvalue weighted by Crippen LogP contribution is -2.14. The van der Waals surface area contributed by atoms with Crippen LogP contribution in [0.2, 0.25) is 0 Å². The first-order valence-corrected chi connectivity index (χ1v) is 9.38. The van der Waals surface area contributed by atoms with Crippen molar-refractivity contribution in [1.82, 2.24) is 25.3 Å². The number of imidazole rings is 1. The number of aromatic amines is 2. The van der Waals surface area contributed by atoms with E-state index in [9.17, 15) is 0 Å². The van der Waals surface area contributed by atoms with E-state index in [4.69, 9.17) is 0 Å². The monoisotopic (exact) mass is 411 g/mol. The molecule has 166 valence electrons. The fourth-order valence-corrected chi connectivity index (χ4v) is 3.42. The molecule has 0 atom stereocenters. The zero-order valence-electron chi connectivity index (χ0n) is 15.4. The van der Waals surface area contributed by atoms with Gasteiger partial charge in [-0.3, -0.25) is 0 Å². The molecule has 3 N–H and O–H groups in total. The van der Waals surface area contributed by atoms with Gasteiger partial charge >= 0.3 is 0 Å². The minimum Gasteiger partial charge on any atom is -0.354 e. The van der Waals surface area contributed by atoms with Crippen LogP contribution in [0.25, 0.3) is 33.3 Å². The lowest BCUT2D eigenvalue weighted by molar-refractivity contribution is 0.617. The van der Waals surface area contributed by atoms with Crippen LogP contribution in [0.3, 0.4) is 0 Å². The summed E-state index contributed by atoms with van der Waals surface area (Å²) in [6, 6.07) is 10.9. The van der Waals surface area contributed by atoms with E-state index in [1.54, 1.807) is 0 Å². The maximum absolute atomic E-state index is 4.43. The quantitative estimate of drug-likeness (QED) is 0.281. The number of benzene rings is 1. The second-order valence-electron chi connectivity index (χ2n) is 6.87. The smallest absolute Gasteiger partial charge is 0.178 e. The molecule has 0 spiro atoms. The second-order valence-corrected chi connectivity index (χ2v) is 6.87. The van der Waals surface area contributed by atoms with Crippen molar-refractivity contribution in [3.05, 3.63) is 47.9 Å². The van der Waals surface area contributed by atoms with Crippen molar-refractivity contribution in [3.8, 4) is 11.3 Å². The zero-order valence-corrected chi connectivity index (χ0v) is 15.4. The molecule has 0 unspecified atom stereocenters. The van der Waals surface area contributed by atoms with Crippen LogP contribution in [-0.4, -0.2) is 26.5 Å². The summed E-state index contributed by atoms with van der Waals surface area (Å²) >= 11 is 0. The zero-order chi connectivity index (χ0) is 17.9. The van der Waals surface area contributed by atoms with Crippen LogP contribution in [0.5, 0.6) is 0 Å². The molecule has 0 amide bonds. The minimum absolute atomic E-state index is 0. The largest absolute Gasteiger partial charge is 0.354 e. The molecule has 0 saturated heterocycles. The van der Waals surface area contributed by atoms with E-state index in [2.05, 4.69) is 56.4 Å². The van der Waals surface area contributed by atoms with Gasteiger partial charge in [-0.05, 0) is 49.7 Å². The van der Waals surface area contributed by atoms with E-state index in [0.717, 1.165) is 46.9 Å². The highest BCUT2D eigenvalue weighted by molar-refractivity contribution is 5.94. The Labute approximate surface area is 182 Å². The van der Waals surface area contributed by atoms with Crippen LogP contribution in [0.1, 0.15) is 67.3 Å². The van der Waals surface area contributed by atoms with Crippen LogP contribution in [0.4, 0.5) is 0 Å². The summed E-state index contributed by atoms with van der Waals surface area (Å²) in [5.41, 5.74) is 6.40. The predicted octanol–water partition coefficient (Wildman–Crippen LogP) is 7.24. The van der Waals surface area contributed by atoms with Gasteiger partial charge < -0.3 is 15.3 Å². The first kappa shape index (κ1) is 27.3. The molecule has 3 heterocycles. The number of aromatic nitrogens is 4. The highest BCUT2D eigenvalue weighted by Gasteiger charge is 2.11. The molecule has 0 aliphatic rings. The highest BCUT2D eigenvalue weighted by Crippen LogP contribution is 2.29. The van der Waals surface area contributed by atoms with Crippen molar-refractivity contribution < 1.29 is 0 Å². The molecule has 0 radical (unpaired) electrons. The first-order valence-electron chi connectivity index (χ1n) is 9.38. The number of fused-ring (bicyclic) bond motifs is 2. The first-order chi connectivity index (χ1) is 12.7. The van der Waals surface area contributed by atoms with Crippen molar-refractivity contribution in [1.29, 1.82) is 0 Å². The van der Waals surface area contributed by atoms with Gasteiger partial charge in [0.2, 0.25) is 0 Å². The van der Waals surface area contributed by atoms with Gasteiger partial charge in [-0.25, -0.2) is 9.97 Å². The number of hydrogen-bond acceptors (Lipinski definition) is 3. The number of nitrogens with one attached hydrogen (secondary N) is 3. The molecular weight excluding hydrogens is 370 g/mol. The van der Waals surface area contributed by atoms with Gasteiger partial charge in [-0.15, -0.1) is 0 Å². The third kappa shape index (κ3) is 5.70. The van der Waals surface area contributed by atoms with Gasteiger partial charge in [-0.2, -0.15) is 0 Å². The minimum atomic E-state index is 0. The Morgan fingerprint density at radius 1 is 0.967 bits per heavy atom. The topological polar surface area (TPSA) is 69.4 Å². The van der Waals surface area contributed by atoms with Gasteiger partial charge in [0.15, 0.2) is 5.65 Å². The van der Waals surface area contributed by atoms with Crippen molar-refractivity contribution in [2.75, 3.05) is 6.54 Å². The molecule has 0 saturated carbocycles. The van der Waals surface area contributed by atoms with E-state index in [-0.39, 0.29) is 29.7 Å². The number of rotatable bonds is 7. The van der Waals surface area contributed by atoms with Gasteiger partial charge in [0, 0.05) is 34.9 Å². The van der Waals surface area contributed by atoms with Crippen molar-refractivity contribution in [3.63, 3.8) is 0 Å². The molecule has 0 aliphatic heterocycles. The summed E-state index contributed by atoms with van der Waals surface area (Å²) in [6.07, 6.45) is 5.61. The number of aryl methyl sites for hydroxylation is 1. The van der Waals surface area contributed by atoms with E-state index in [0.29, 0.717) is 0 Å². The molecule has 4 rings (SSSR count). The molecule has 0 aliphatic carbocycles. The lowest BCUT2D eigenvalue weighted by Gasteiger charge is -2.04. The Morgan fingerprint density at radius 2 is 1.77 bits per heavy atom. The van der Waals surface area contributed by atoms with Crippen molar-refractivity contribution in [2.24, 2.45) is 0 Å². The summed E-state index contributed by atoms with van der Waals surface area (Å²) in [4.78, 5) is 15.6. The Kier molecular flexibility index (Phi) is 11.1. The summed E-state index contributed by atoms with van der Waals surface area (Å²) in [7, 11) is 0. The maximum atomic E-state index is 4.43. The van der Waals surface area contributed by atoms with Gasteiger partial charge in [0.1, 0.15) is 5.82 Å². The van der Waals surface area contributed by atoms with Crippen LogP contribution in [0.15, 0.2) is 36.5 Å². The normalized spacial score (nSPS) is 10.1. The molecule has 0 bridgehead atoms. The number of unbranched alkanes of at least 4 members (excludes halogenated alkanes) is 2. The average Bonchev–Trinajstić information content (AvgIpc) is 3.23. The summed E-state index contributed by atoms with van der Waals surface area (Å²) in [6.45, 7) is 6.19. The van der Waals surface area contributed by atoms with Gasteiger partial charge in [-0.1, -0.05) is 55.5 Å². The molecule has 0 fully saturated rings. The Balaban J connectivity index is 0.00000210. The lowest BCUT2D eigenvalue weighted by atomic mass is 10.1. The SMILES string of the molecule is C.C.C.C.CCCCCNCc1ccc2[nH]c(-c3ccnc4nc(C)[nH]c34)cc2c1. The molecular formula is C25H41N5. The van der Waals surface area contributed by atoms with Gasteiger partial charge in [0.25, 0.3) is 0 Å². The van der Waals surface area contributed by atoms with Crippen LogP contribution >= 0.6 is 0 Å². The molecule has 5 heteroatoms. The molecule has 1 aromatic carbocycles. The molecule has 4 aromatic rings. The van der Waals surface area contributed by atoms with Crippen molar-refractivity contribution >= 4 is 22.1 Å². The Hall–Kier alpha value is -2.66. The number of H-pyrrole nitrogens is 2. The number of nitrogens with zero attached hydrogens (tertiary/aromatic N) is 2. The Bertz CT molecular complexity index is 1030. The fourth-order valence-electron chi connectivity index (χ4n) is 3.42. The molecule has 30 heavy (non-hydrogen) atoms. The van der Waals surface area contributed by atoms with Crippen LogP contribution in [0, 0.1) is 6.92 Å². The summed E-state index contributed by atoms with van der Waals surface area (Å²) < 4.78 is 0. The summed E-state index contributed by atoms with van der Waals surface area (Å²) in [5, 5.41) is 4.77. The Morgan fingerprint density at radius 3 is 2.53 bits per heavy atom. The predicted molar refractivity (Wildman–Crippen MR) is 134 cm³/mol. The van der Waals surface area contributed by atoms with Crippen LogP contribution < -0.4 is 5.32 Å². The fraction of sp³-hybridized carbons (Fsp3) is 0.440. The third-order valence-electron chi connectivity index (χ3n) is 4.77. The number of hydrogen-bond donors (Lipinski definition) is 3. The standard InChI is InChI=1S/C21H25N5.4CH4/c1-3-4-5-9-22-13-15-6-7-18-16(11-15)12-19(26-18)17-8-10-23-21-20(17)24-14(2)25-21;;;;/h6-8,10-12,22,26H,3-5,9,13H2,1-2H3,(H,23,24,25);4*1H4. The van der Waals surface area contributed by atoms with E-state index in [1.807, 2.05) is 19.2 Å². The van der Waals surface area contributed by atoms with Gasteiger partial charge in [0.05, 0.1) is 5.52 Å². The highest BCUT2D eigenvalue weighted by atomic mass is 15.0.